The maximum absolute atomic E-state index is 11.4. The number of hydrogen-bond donors (Lipinski definition) is 0. The van der Waals surface area contributed by atoms with Crippen molar-refractivity contribution in [3.8, 4) is 0 Å². The number of thioether (sulfide) groups is 1. The van der Waals surface area contributed by atoms with E-state index in [-0.39, 0.29) is 5.78 Å². The van der Waals surface area contributed by atoms with E-state index in [4.69, 9.17) is 0 Å². The van der Waals surface area contributed by atoms with Crippen molar-refractivity contribution in [3.05, 3.63) is 17.0 Å². The molecule has 1 heterocycles. The highest BCUT2D eigenvalue weighted by Crippen LogP contribution is 2.14. The van der Waals surface area contributed by atoms with Crippen LogP contribution in [0.25, 0.3) is 0 Å². The Hall–Kier alpha value is -0.770. The molecule has 0 aliphatic heterocycles. The topological polar surface area (TPSA) is 34.9 Å². The number of nitrogens with zero attached hydrogens (tertiary/aromatic N) is 2. The monoisotopic (exact) mass is 226 g/mol. The third kappa shape index (κ3) is 2.84. The van der Waals surface area contributed by atoms with Crippen LogP contribution < -0.4 is 0 Å². The van der Waals surface area contributed by atoms with E-state index in [0.717, 1.165) is 35.7 Å². The minimum absolute atomic E-state index is 0.112. The lowest BCUT2D eigenvalue weighted by Crippen LogP contribution is -2.04. The van der Waals surface area contributed by atoms with Gasteiger partial charge in [0.1, 0.15) is 0 Å². The summed E-state index contributed by atoms with van der Waals surface area (Å²) in [5.74, 6) is 1.24. The summed E-state index contributed by atoms with van der Waals surface area (Å²) in [5, 5.41) is 4.39. The number of rotatable bonds is 5. The average Bonchev–Trinajstić information content (AvgIpc) is 2.42. The van der Waals surface area contributed by atoms with Gasteiger partial charge in [-0.15, -0.1) is 0 Å². The van der Waals surface area contributed by atoms with Crippen LogP contribution in [-0.2, 0) is 6.54 Å². The van der Waals surface area contributed by atoms with E-state index in [1.807, 2.05) is 30.3 Å². The Bertz CT molecular complexity index is 358. The van der Waals surface area contributed by atoms with Gasteiger partial charge >= 0.3 is 0 Å². The summed E-state index contributed by atoms with van der Waals surface area (Å²) in [7, 11) is 0. The Morgan fingerprint density at radius 1 is 1.47 bits per heavy atom. The Morgan fingerprint density at radius 3 is 2.60 bits per heavy atom. The first-order chi connectivity index (χ1) is 7.07. The van der Waals surface area contributed by atoms with Crippen LogP contribution in [-0.4, -0.2) is 27.6 Å². The predicted molar refractivity (Wildman–Crippen MR) is 64.7 cm³/mol. The molecular formula is C11H18N2OS. The Morgan fingerprint density at radius 2 is 2.13 bits per heavy atom. The Labute approximate surface area is 95.2 Å². The van der Waals surface area contributed by atoms with Crippen molar-refractivity contribution in [3.63, 3.8) is 0 Å². The molecule has 0 atom stereocenters. The first-order valence-electron chi connectivity index (χ1n) is 5.11. The van der Waals surface area contributed by atoms with E-state index < -0.39 is 0 Å². The van der Waals surface area contributed by atoms with Gasteiger partial charge in [-0.3, -0.25) is 9.48 Å². The van der Waals surface area contributed by atoms with Gasteiger partial charge in [0, 0.05) is 12.2 Å². The molecule has 0 saturated carbocycles. The number of hydrogen-bond acceptors (Lipinski definition) is 3. The molecule has 0 saturated heterocycles. The largest absolute Gasteiger partial charge is 0.294 e. The molecule has 0 N–H and O–H groups in total. The third-order valence-corrected chi connectivity index (χ3v) is 3.15. The Kier molecular flexibility index (Phi) is 4.39. The molecule has 1 aromatic heterocycles. The van der Waals surface area contributed by atoms with Crippen molar-refractivity contribution in [2.75, 3.05) is 12.0 Å². The van der Waals surface area contributed by atoms with Crippen molar-refractivity contribution in [1.82, 2.24) is 9.78 Å². The van der Waals surface area contributed by atoms with Crippen molar-refractivity contribution in [1.29, 1.82) is 0 Å². The summed E-state index contributed by atoms with van der Waals surface area (Å²) in [6, 6.07) is 0. The molecule has 0 spiro atoms. The van der Waals surface area contributed by atoms with E-state index in [0.29, 0.717) is 0 Å². The third-order valence-electron chi connectivity index (χ3n) is 2.45. The Balaban J connectivity index is 2.82. The molecule has 0 bridgehead atoms. The fourth-order valence-electron chi connectivity index (χ4n) is 1.78. The van der Waals surface area contributed by atoms with Gasteiger partial charge in [0.05, 0.1) is 11.3 Å². The first-order valence-corrected chi connectivity index (χ1v) is 6.51. The molecule has 1 rings (SSSR count). The smallest absolute Gasteiger partial charge is 0.163 e. The quantitative estimate of drug-likeness (QED) is 0.571. The van der Waals surface area contributed by atoms with Crippen LogP contribution in [0.2, 0.25) is 0 Å². The van der Waals surface area contributed by atoms with Gasteiger partial charge in [-0.25, -0.2) is 0 Å². The second-order valence-electron chi connectivity index (χ2n) is 3.67. The summed E-state index contributed by atoms with van der Waals surface area (Å²) in [6.45, 7) is 6.37. The van der Waals surface area contributed by atoms with Gasteiger partial charge in [-0.1, -0.05) is 0 Å². The van der Waals surface area contributed by atoms with Crippen LogP contribution in [0.5, 0.6) is 0 Å². The zero-order valence-corrected chi connectivity index (χ0v) is 10.6. The van der Waals surface area contributed by atoms with Crippen LogP contribution in [0, 0.1) is 13.8 Å². The number of carbonyl (C=O) groups excluding carboxylic acids is 1. The van der Waals surface area contributed by atoms with Crippen LogP contribution in [0.1, 0.15) is 35.1 Å². The standard InChI is InChI=1S/C11H18N2OS/c1-8-11(10(3)14)9(2)13(12-8)6-5-7-15-4/h5-7H2,1-4H3. The maximum Gasteiger partial charge on any atom is 0.163 e. The highest BCUT2D eigenvalue weighted by atomic mass is 32.2. The maximum atomic E-state index is 11.4. The summed E-state index contributed by atoms with van der Waals surface area (Å²) in [4.78, 5) is 11.4. The SMILES string of the molecule is CSCCCn1nc(C)c(C(C)=O)c1C. The molecule has 0 radical (unpaired) electrons. The molecule has 3 nitrogen and oxygen atoms in total. The fourth-order valence-corrected chi connectivity index (χ4v) is 2.20. The van der Waals surface area contributed by atoms with Gasteiger partial charge in [0.25, 0.3) is 0 Å². The normalized spacial score (nSPS) is 10.7. The second kappa shape index (κ2) is 5.35. The lowest BCUT2D eigenvalue weighted by Gasteiger charge is -2.03. The summed E-state index contributed by atoms with van der Waals surface area (Å²) < 4.78 is 1.95. The van der Waals surface area contributed by atoms with E-state index in [2.05, 4.69) is 11.4 Å². The van der Waals surface area contributed by atoms with Crippen molar-refractivity contribution >= 4 is 17.5 Å². The summed E-state index contributed by atoms with van der Waals surface area (Å²) in [6.07, 6.45) is 3.20. The van der Waals surface area contributed by atoms with Gasteiger partial charge < -0.3 is 0 Å². The lowest BCUT2D eigenvalue weighted by molar-refractivity contribution is 0.101. The zero-order chi connectivity index (χ0) is 11.4. The summed E-state index contributed by atoms with van der Waals surface area (Å²) in [5.41, 5.74) is 2.64. The van der Waals surface area contributed by atoms with Gasteiger partial charge in [-0.05, 0) is 39.2 Å². The molecule has 0 unspecified atom stereocenters. The van der Waals surface area contributed by atoms with Crippen molar-refractivity contribution in [2.45, 2.75) is 33.7 Å². The molecule has 0 aliphatic rings. The fraction of sp³-hybridized carbons (Fsp3) is 0.636. The second-order valence-corrected chi connectivity index (χ2v) is 4.66. The molecule has 15 heavy (non-hydrogen) atoms. The van der Waals surface area contributed by atoms with Crippen LogP contribution in [0.3, 0.4) is 0 Å². The van der Waals surface area contributed by atoms with Gasteiger partial charge in [0.2, 0.25) is 0 Å². The van der Waals surface area contributed by atoms with Crippen molar-refractivity contribution < 1.29 is 4.79 Å². The molecular weight excluding hydrogens is 208 g/mol. The van der Waals surface area contributed by atoms with Crippen LogP contribution in [0.15, 0.2) is 0 Å². The summed E-state index contributed by atoms with van der Waals surface area (Å²) >= 11 is 1.84. The van der Waals surface area contributed by atoms with Gasteiger partial charge in [0.15, 0.2) is 5.78 Å². The number of Topliss-reactive ketones (excluding diaryl/α,β-unsaturated/α-hetero) is 1. The van der Waals surface area contributed by atoms with E-state index in [9.17, 15) is 4.79 Å². The van der Waals surface area contributed by atoms with Crippen molar-refractivity contribution in [2.24, 2.45) is 0 Å². The van der Waals surface area contributed by atoms with Gasteiger partial charge in [-0.2, -0.15) is 16.9 Å². The lowest BCUT2D eigenvalue weighted by atomic mass is 10.1. The minimum Gasteiger partial charge on any atom is -0.294 e. The number of aromatic nitrogens is 2. The highest BCUT2D eigenvalue weighted by molar-refractivity contribution is 7.98. The molecule has 0 amide bonds. The molecule has 1 aromatic rings. The number of ketones is 1. The number of aryl methyl sites for hydroxylation is 2. The highest BCUT2D eigenvalue weighted by Gasteiger charge is 2.14. The van der Waals surface area contributed by atoms with Crippen LogP contribution in [0.4, 0.5) is 0 Å². The molecule has 0 fully saturated rings. The average molecular weight is 226 g/mol. The first kappa shape index (κ1) is 12.3. The molecule has 4 heteroatoms. The molecule has 0 aliphatic carbocycles. The van der Waals surface area contributed by atoms with E-state index in [1.54, 1.807) is 6.92 Å². The number of carbonyl (C=O) groups is 1. The minimum atomic E-state index is 0.112. The zero-order valence-electron chi connectivity index (χ0n) is 9.83. The van der Waals surface area contributed by atoms with E-state index >= 15 is 0 Å². The van der Waals surface area contributed by atoms with Crippen LogP contribution >= 0.6 is 11.8 Å². The predicted octanol–water partition coefficient (Wildman–Crippen LogP) is 2.46. The van der Waals surface area contributed by atoms with E-state index in [1.165, 1.54) is 0 Å². The molecule has 0 aromatic carbocycles. The molecule has 84 valence electrons.